The van der Waals surface area contributed by atoms with Gasteiger partial charge in [-0.15, -0.1) is 0 Å². The van der Waals surface area contributed by atoms with Gasteiger partial charge in [-0.25, -0.2) is 4.98 Å². The topological polar surface area (TPSA) is 42.4 Å². The van der Waals surface area contributed by atoms with E-state index in [0.717, 1.165) is 23.9 Å². The average Bonchev–Trinajstić information content (AvgIpc) is 3.13. The second-order valence-corrected chi connectivity index (χ2v) is 6.87. The molecule has 1 saturated heterocycles. The summed E-state index contributed by atoms with van der Waals surface area (Å²) in [5, 5.41) is 0. The minimum atomic E-state index is 0.0590. The Bertz CT molecular complexity index is 503. The van der Waals surface area contributed by atoms with Gasteiger partial charge in [0.2, 0.25) is 11.8 Å². The summed E-state index contributed by atoms with van der Waals surface area (Å²) >= 11 is 3.44. The minimum absolute atomic E-state index is 0.0590. The number of hydrogen-bond donors (Lipinski definition) is 0. The van der Waals surface area contributed by atoms with Crippen LogP contribution in [0.25, 0.3) is 0 Å². The Morgan fingerprint density at radius 3 is 2.95 bits per heavy atom. The van der Waals surface area contributed by atoms with E-state index in [4.69, 9.17) is 4.74 Å². The molecule has 2 aliphatic rings. The summed E-state index contributed by atoms with van der Waals surface area (Å²) in [6, 6.07) is 3.78. The number of likely N-dealkylation sites (tertiary alicyclic amines) is 1. The van der Waals surface area contributed by atoms with Gasteiger partial charge in [-0.1, -0.05) is 12.8 Å². The van der Waals surface area contributed by atoms with E-state index in [1.165, 1.54) is 25.7 Å². The molecular weight excluding hydrogens is 332 g/mol. The first-order valence-electron chi connectivity index (χ1n) is 7.77. The molecule has 0 spiro atoms. The van der Waals surface area contributed by atoms with E-state index in [2.05, 4.69) is 20.9 Å². The molecule has 114 valence electrons. The van der Waals surface area contributed by atoms with E-state index < -0.39 is 0 Å². The Balaban J connectivity index is 1.50. The molecule has 1 unspecified atom stereocenters. The Morgan fingerprint density at radius 2 is 2.19 bits per heavy atom. The third kappa shape index (κ3) is 3.76. The maximum absolute atomic E-state index is 12.3. The zero-order valence-corrected chi connectivity index (χ0v) is 13.7. The first kappa shape index (κ1) is 14.8. The number of carbonyl (C=O) groups is 1. The number of aromatic nitrogens is 1. The van der Waals surface area contributed by atoms with Gasteiger partial charge >= 0.3 is 0 Å². The molecule has 1 aromatic heterocycles. The van der Waals surface area contributed by atoms with Crippen molar-refractivity contribution in [2.45, 2.75) is 44.6 Å². The van der Waals surface area contributed by atoms with Crippen molar-refractivity contribution >= 4 is 21.8 Å². The first-order chi connectivity index (χ1) is 10.2. The van der Waals surface area contributed by atoms with E-state index in [-0.39, 0.29) is 6.10 Å². The van der Waals surface area contributed by atoms with Crippen LogP contribution in [0.3, 0.4) is 0 Å². The number of carbonyl (C=O) groups excluding carboxylic acids is 1. The molecule has 1 aliphatic carbocycles. The van der Waals surface area contributed by atoms with E-state index >= 15 is 0 Å². The Hall–Kier alpha value is -1.10. The highest BCUT2D eigenvalue weighted by Gasteiger charge is 2.30. The van der Waals surface area contributed by atoms with Crippen LogP contribution in [0.2, 0.25) is 0 Å². The summed E-state index contributed by atoms with van der Waals surface area (Å²) in [4.78, 5) is 18.5. The van der Waals surface area contributed by atoms with Crippen LogP contribution < -0.4 is 4.74 Å². The minimum Gasteiger partial charge on any atom is -0.472 e. The molecule has 0 N–H and O–H groups in total. The summed E-state index contributed by atoms with van der Waals surface area (Å²) in [6.07, 6.45) is 8.41. The lowest BCUT2D eigenvalue weighted by atomic mass is 10.0. The molecule has 1 atom stereocenters. The fourth-order valence-electron chi connectivity index (χ4n) is 3.26. The van der Waals surface area contributed by atoms with Gasteiger partial charge in [-0.3, -0.25) is 4.79 Å². The zero-order valence-electron chi connectivity index (χ0n) is 12.1. The number of nitrogens with zero attached hydrogens (tertiary/aromatic N) is 2. The molecule has 1 saturated carbocycles. The summed E-state index contributed by atoms with van der Waals surface area (Å²) in [6.45, 7) is 1.50. The van der Waals surface area contributed by atoms with Crippen LogP contribution in [0, 0.1) is 5.92 Å². The van der Waals surface area contributed by atoms with Crippen molar-refractivity contribution in [3.05, 3.63) is 22.8 Å². The molecule has 1 aliphatic heterocycles. The van der Waals surface area contributed by atoms with Gasteiger partial charge in [0, 0.05) is 25.6 Å². The van der Waals surface area contributed by atoms with Crippen LogP contribution in [0.1, 0.15) is 38.5 Å². The molecule has 2 heterocycles. The van der Waals surface area contributed by atoms with Crippen molar-refractivity contribution in [2.75, 3.05) is 13.1 Å². The summed E-state index contributed by atoms with van der Waals surface area (Å²) in [5.74, 6) is 1.53. The van der Waals surface area contributed by atoms with Gasteiger partial charge in [-0.05, 0) is 46.8 Å². The molecular formula is C16H21BrN2O2. The highest BCUT2D eigenvalue weighted by atomic mass is 79.9. The van der Waals surface area contributed by atoms with Crippen molar-refractivity contribution < 1.29 is 9.53 Å². The number of rotatable bonds is 4. The zero-order chi connectivity index (χ0) is 14.7. The average molecular weight is 353 g/mol. The number of ether oxygens (including phenoxy) is 1. The highest BCUT2D eigenvalue weighted by molar-refractivity contribution is 9.10. The van der Waals surface area contributed by atoms with Crippen LogP contribution in [0.15, 0.2) is 22.8 Å². The monoisotopic (exact) mass is 352 g/mol. The van der Waals surface area contributed by atoms with Crippen LogP contribution in [0.4, 0.5) is 0 Å². The normalized spacial score (nSPS) is 22.7. The number of hydrogen-bond acceptors (Lipinski definition) is 3. The Labute approximate surface area is 134 Å². The van der Waals surface area contributed by atoms with Crippen molar-refractivity contribution in [2.24, 2.45) is 5.92 Å². The number of pyridine rings is 1. The van der Waals surface area contributed by atoms with Gasteiger partial charge in [-0.2, -0.15) is 0 Å². The third-order valence-electron chi connectivity index (χ3n) is 4.44. The molecule has 4 nitrogen and oxygen atoms in total. The second-order valence-electron chi connectivity index (χ2n) is 6.01. The molecule has 2 fully saturated rings. The van der Waals surface area contributed by atoms with Crippen LogP contribution in [0.5, 0.6) is 5.88 Å². The van der Waals surface area contributed by atoms with Crippen molar-refractivity contribution in [3.63, 3.8) is 0 Å². The molecule has 0 radical (unpaired) electrons. The SMILES string of the molecule is O=C(CC1CCCC1)N1CCC(Oc2ncccc2Br)C1. The highest BCUT2D eigenvalue weighted by Crippen LogP contribution is 2.29. The van der Waals surface area contributed by atoms with E-state index in [1.54, 1.807) is 6.20 Å². The summed E-state index contributed by atoms with van der Waals surface area (Å²) < 4.78 is 6.77. The fraction of sp³-hybridized carbons (Fsp3) is 0.625. The standard InChI is InChI=1S/C16H21BrN2O2/c17-14-6-3-8-18-16(14)21-13-7-9-19(11-13)15(20)10-12-4-1-2-5-12/h3,6,8,12-13H,1-2,4-5,7,9-11H2. The van der Waals surface area contributed by atoms with Gasteiger partial charge in [0.25, 0.3) is 0 Å². The Kier molecular flexibility index (Phi) is 4.78. The van der Waals surface area contributed by atoms with E-state index in [0.29, 0.717) is 24.2 Å². The smallest absolute Gasteiger partial charge is 0.228 e. The maximum atomic E-state index is 12.3. The maximum Gasteiger partial charge on any atom is 0.228 e. The van der Waals surface area contributed by atoms with Gasteiger partial charge in [0.1, 0.15) is 6.10 Å². The lowest BCUT2D eigenvalue weighted by molar-refractivity contribution is -0.131. The van der Waals surface area contributed by atoms with Gasteiger partial charge < -0.3 is 9.64 Å². The molecule has 21 heavy (non-hydrogen) atoms. The van der Waals surface area contributed by atoms with Crippen LogP contribution in [-0.2, 0) is 4.79 Å². The van der Waals surface area contributed by atoms with Crippen LogP contribution in [-0.4, -0.2) is 35.0 Å². The quantitative estimate of drug-likeness (QED) is 0.833. The second kappa shape index (κ2) is 6.77. The van der Waals surface area contributed by atoms with E-state index in [1.807, 2.05) is 17.0 Å². The molecule has 1 amide bonds. The lowest BCUT2D eigenvalue weighted by Crippen LogP contribution is -2.32. The van der Waals surface area contributed by atoms with Crippen molar-refractivity contribution in [3.8, 4) is 5.88 Å². The predicted octanol–water partition coefficient (Wildman–Crippen LogP) is 3.40. The van der Waals surface area contributed by atoms with Crippen molar-refractivity contribution in [1.29, 1.82) is 0 Å². The molecule has 1 aromatic rings. The fourth-order valence-corrected chi connectivity index (χ4v) is 3.61. The molecule has 5 heteroatoms. The summed E-state index contributed by atoms with van der Waals surface area (Å²) in [7, 11) is 0. The lowest BCUT2D eigenvalue weighted by Gasteiger charge is -2.19. The molecule has 0 bridgehead atoms. The number of amides is 1. The molecule has 0 aromatic carbocycles. The first-order valence-corrected chi connectivity index (χ1v) is 8.56. The van der Waals surface area contributed by atoms with Crippen molar-refractivity contribution in [1.82, 2.24) is 9.88 Å². The number of halogens is 1. The Morgan fingerprint density at radius 1 is 1.38 bits per heavy atom. The largest absolute Gasteiger partial charge is 0.472 e. The van der Waals surface area contributed by atoms with E-state index in [9.17, 15) is 4.79 Å². The third-order valence-corrected chi connectivity index (χ3v) is 5.04. The molecule has 3 rings (SSSR count). The van der Waals surface area contributed by atoms with Gasteiger partial charge in [0.05, 0.1) is 11.0 Å². The van der Waals surface area contributed by atoms with Crippen LogP contribution >= 0.6 is 15.9 Å². The van der Waals surface area contributed by atoms with Gasteiger partial charge in [0.15, 0.2) is 0 Å². The summed E-state index contributed by atoms with van der Waals surface area (Å²) in [5.41, 5.74) is 0. The predicted molar refractivity (Wildman–Crippen MR) is 84.1 cm³/mol.